The summed E-state index contributed by atoms with van der Waals surface area (Å²) in [5.41, 5.74) is 0. The summed E-state index contributed by atoms with van der Waals surface area (Å²) in [7, 11) is -2.94. The highest BCUT2D eigenvalue weighted by atomic mass is 31.2. The second-order valence-electron chi connectivity index (χ2n) is 13.5. The number of rotatable bonds is 10. The third-order valence-corrected chi connectivity index (χ3v) is 22.4. The summed E-state index contributed by atoms with van der Waals surface area (Å²) < 4.78 is 0. The fourth-order valence-electron chi connectivity index (χ4n) is 7.94. The predicted octanol–water partition coefficient (Wildman–Crippen LogP) is 6.52. The first kappa shape index (κ1) is 34.7. The summed E-state index contributed by atoms with van der Waals surface area (Å²) in [5, 5.41) is 12.9. The average Bonchev–Trinajstić information content (AvgIpc) is 3.25. The van der Waals surface area contributed by atoms with Crippen molar-refractivity contribution in [3.63, 3.8) is 0 Å². The molecule has 0 radical (unpaired) electrons. The minimum Gasteiger partial charge on any atom is -0.0887 e. The molecule has 0 aliphatic carbocycles. The fourth-order valence-corrected chi connectivity index (χ4v) is 19.1. The van der Waals surface area contributed by atoms with E-state index in [1.165, 1.54) is 52.6 Å². The molecule has 0 aliphatic heterocycles. The van der Waals surface area contributed by atoms with E-state index in [1.54, 1.807) is 0 Å². The molecule has 0 nitrogen and oxygen atoms in total. The van der Waals surface area contributed by atoms with E-state index in [2.05, 4.69) is 231 Å². The van der Waals surface area contributed by atoms with Crippen LogP contribution in [-0.4, -0.2) is 20.7 Å². The summed E-state index contributed by atoms with van der Waals surface area (Å²) >= 11 is 0. The van der Waals surface area contributed by atoms with E-state index in [-0.39, 0.29) is 0 Å². The van der Waals surface area contributed by atoms with Gasteiger partial charge in [0, 0.05) is 0 Å². The molecule has 0 saturated carbocycles. The Hall–Kier alpha value is -5.42. The molecule has 0 atom stereocenters. The minimum atomic E-state index is -2.94. The summed E-state index contributed by atoms with van der Waals surface area (Å²) in [6.45, 7) is -4.83. The van der Waals surface area contributed by atoms with Crippen LogP contribution in [0, 0.1) is 0 Å². The quantitative estimate of drug-likeness (QED) is 0.0855. The van der Waals surface area contributed by atoms with Crippen molar-refractivity contribution in [1.29, 1.82) is 0 Å². The number of hydrogen-bond donors (Lipinski definition) is 0. The van der Waals surface area contributed by atoms with Crippen molar-refractivity contribution in [2.75, 3.05) is 0 Å². The van der Waals surface area contributed by atoms with Gasteiger partial charge in [0.25, 0.3) is 0 Å². The molecule has 8 aromatic rings. The molecule has 0 heterocycles. The molecular weight excluding hydrogens is 691 g/mol. The van der Waals surface area contributed by atoms with Gasteiger partial charge < -0.3 is 0 Å². The van der Waals surface area contributed by atoms with Gasteiger partial charge in [-0.25, -0.2) is 0 Å². The Bertz CT molecular complexity index is 2220. The lowest BCUT2D eigenvalue weighted by molar-refractivity contribution is 1.67. The van der Waals surface area contributed by atoms with Crippen molar-refractivity contribution >= 4 is 87.0 Å². The summed E-state index contributed by atoms with van der Waals surface area (Å²) in [5.74, 6) is 0. The summed E-state index contributed by atoms with van der Waals surface area (Å²) in [6, 6.07) is 85.2. The van der Waals surface area contributed by atoms with Crippen molar-refractivity contribution in [3.8, 4) is 0 Å². The van der Waals surface area contributed by atoms with Gasteiger partial charge in [-0.05, 0) is 72.4 Å². The Morgan fingerprint density at radius 2 is 0.472 bits per heavy atom. The highest BCUT2D eigenvalue weighted by Gasteiger charge is 2.43. The number of benzene rings is 8. The van der Waals surface area contributed by atoms with E-state index in [9.17, 15) is 0 Å². The molecule has 0 fully saturated rings. The van der Waals surface area contributed by atoms with Gasteiger partial charge in [0.2, 0.25) is 0 Å². The Morgan fingerprint density at radius 1 is 0.245 bits per heavy atom. The van der Waals surface area contributed by atoms with Gasteiger partial charge in [0.1, 0.15) is 0 Å². The SMILES string of the molecule is C=P(c1ccccc1)(c1ccccc1)c1cc([Si](c2ccccc2)(c2ccccc2)c2ccccc2)cc(P(=C)(c2ccccc2)c2ccccc2)c1. The predicted molar refractivity (Wildman–Crippen MR) is 242 cm³/mol. The molecule has 0 aliphatic rings. The highest BCUT2D eigenvalue weighted by molar-refractivity contribution is 7.94. The monoisotopic (exact) mass is 732 g/mol. The fraction of sp³-hybridized carbons (Fsp3) is 0. The molecule has 0 saturated heterocycles. The van der Waals surface area contributed by atoms with Gasteiger partial charge in [-0.3, -0.25) is 0 Å². The zero-order valence-corrected chi connectivity index (χ0v) is 32.5. The van der Waals surface area contributed by atoms with Gasteiger partial charge >= 0.3 is 0 Å². The van der Waals surface area contributed by atoms with Gasteiger partial charge in [-0.2, -0.15) is 0 Å². The van der Waals surface area contributed by atoms with Crippen molar-refractivity contribution < 1.29 is 0 Å². The first-order valence-corrected chi connectivity index (χ1v) is 24.0. The molecule has 8 aromatic carbocycles. The van der Waals surface area contributed by atoms with E-state index in [0.29, 0.717) is 0 Å². The maximum absolute atomic E-state index is 5.31. The van der Waals surface area contributed by atoms with Crippen LogP contribution in [0.4, 0.5) is 0 Å². The first-order chi connectivity index (χ1) is 26.1. The van der Waals surface area contributed by atoms with Gasteiger partial charge in [0.05, 0.1) is 0 Å². The van der Waals surface area contributed by atoms with Crippen LogP contribution in [0.3, 0.4) is 0 Å². The lowest BCUT2D eigenvalue weighted by atomic mass is 10.3. The molecular formula is C50H42P2Si. The standard InChI is InChI=1S/C50H42P2Si/c1-51(41-24-10-3-11-25-41,42-26-12-4-13-27-42)45-38-46(52(2,43-28-14-5-15-29-43)44-30-16-6-17-31-44)40-50(39-45)53(47-32-18-7-19-33-47,48-34-20-8-21-35-48)49-36-22-9-23-37-49/h3-40H,1-2H2. The van der Waals surface area contributed by atoms with E-state index in [4.69, 9.17) is 12.6 Å². The Morgan fingerprint density at radius 3 is 0.717 bits per heavy atom. The molecule has 53 heavy (non-hydrogen) atoms. The molecule has 0 amide bonds. The molecule has 3 heteroatoms. The van der Waals surface area contributed by atoms with E-state index >= 15 is 0 Å². The third kappa shape index (κ3) is 6.16. The summed E-state index contributed by atoms with van der Waals surface area (Å²) in [6.07, 6.45) is 10.6. The Kier molecular flexibility index (Phi) is 9.74. The number of hydrogen-bond acceptors (Lipinski definition) is 0. The van der Waals surface area contributed by atoms with E-state index in [0.717, 1.165) is 0 Å². The maximum atomic E-state index is 5.31. The zero-order valence-electron chi connectivity index (χ0n) is 29.7. The van der Waals surface area contributed by atoms with Crippen LogP contribution in [0.25, 0.3) is 0 Å². The third-order valence-electron chi connectivity index (χ3n) is 10.6. The molecule has 0 unspecified atom stereocenters. The van der Waals surface area contributed by atoms with Crippen molar-refractivity contribution in [2.45, 2.75) is 0 Å². The molecule has 8 rings (SSSR count). The Balaban J connectivity index is 1.58. The van der Waals surface area contributed by atoms with Gasteiger partial charge in [-0.15, -0.1) is 0 Å². The van der Waals surface area contributed by atoms with Crippen LogP contribution in [0.2, 0.25) is 0 Å². The molecule has 0 N–H and O–H groups in total. The van der Waals surface area contributed by atoms with Crippen LogP contribution >= 0.6 is 13.8 Å². The molecule has 0 aromatic heterocycles. The normalized spacial score (nSPS) is 11.9. The lowest BCUT2D eigenvalue weighted by Crippen LogP contribution is -2.75. The first-order valence-electron chi connectivity index (χ1n) is 18.1. The van der Waals surface area contributed by atoms with Crippen LogP contribution in [0.1, 0.15) is 0 Å². The van der Waals surface area contributed by atoms with Crippen molar-refractivity contribution in [1.82, 2.24) is 0 Å². The second kappa shape index (κ2) is 14.9. The largest absolute Gasteiger partial charge is 0.179 e. The second-order valence-corrected chi connectivity index (χ2v) is 23.7. The topological polar surface area (TPSA) is 0 Å². The van der Waals surface area contributed by atoms with E-state index < -0.39 is 21.8 Å². The minimum absolute atomic E-state index is 1.26. The zero-order chi connectivity index (χ0) is 36.1. The van der Waals surface area contributed by atoms with Crippen molar-refractivity contribution in [2.24, 2.45) is 0 Å². The van der Waals surface area contributed by atoms with Crippen molar-refractivity contribution in [3.05, 3.63) is 231 Å². The molecule has 256 valence electrons. The lowest BCUT2D eigenvalue weighted by Gasteiger charge is -2.37. The Labute approximate surface area is 316 Å². The smallest absolute Gasteiger partial charge is 0.0887 e. The maximum Gasteiger partial charge on any atom is 0.179 e. The van der Waals surface area contributed by atoms with Gasteiger partial charge in [0.15, 0.2) is 8.07 Å². The van der Waals surface area contributed by atoms with Crippen LogP contribution < -0.4 is 52.6 Å². The van der Waals surface area contributed by atoms with Crippen LogP contribution in [0.15, 0.2) is 231 Å². The van der Waals surface area contributed by atoms with E-state index in [1.807, 2.05) is 0 Å². The average molecular weight is 733 g/mol. The summed E-state index contributed by atoms with van der Waals surface area (Å²) in [4.78, 5) is 0. The van der Waals surface area contributed by atoms with Crippen LogP contribution in [-0.2, 0) is 0 Å². The van der Waals surface area contributed by atoms with Gasteiger partial charge in [-0.1, -0.05) is 237 Å². The molecule has 0 spiro atoms. The molecule has 0 bridgehead atoms. The van der Waals surface area contributed by atoms with Crippen LogP contribution in [0.5, 0.6) is 0 Å². The highest BCUT2D eigenvalue weighted by Crippen LogP contribution is 2.45.